The first-order chi connectivity index (χ1) is 12.6. The Balaban J connectivity index is 0.00000140. The minimum atomic E-state index is -0.680. The van der Waals surface area contributed by atoms with Crippen molar-refractivity contribution in [2.45, 2.75) is 19.0 Å². The SMILES string of the molecule is CC(CO)(CO)NCc1ccc2c3ccccc3c3ccccc3c2c1.Cl.O. The van der Waals surface area contributed by atoms with Gasteiger partial charge in [0.25, 0.3) is 0 Å². The predicted octanol–water partition coefficient (Wildman–Crippen LogP) is 3.58. The minimum Gasteiger partial charge on any atom is -0.412 e. The van der Waals surface area contributed by atoms with E-state index in [-0.39, 0.29) is 31.1 Å². The van der Waals surface area contributed by atoms with Crippen molar-refractivity contribution in [1.29, 1.82) is 0 Å². The second kappa shape index (κ2) is 8.86. The smallest absolute Gasteiger partial charge is 0.0633 e. The van der Waals surface area contributed by atoms with Gasteiger partial charge >= 0.3 is 0 Å². The van der Waals surface area contributed by atoms with Gasteiger partial charge in [0.1, 0.15) is 0 Å². The summed E-state index contributed by atoms with van der Waals surface area (Å²) in [6, 6.07) is 23.6. The maximum absolute atomic E-state index is 9.47. The maximum atomic E-state index is 9.47. The summed E-state index contributed by atoms with van der Waals surface area (Å²) in [6.07, 6.45) is 0. The molecule has 4 aromatic carbocycles. The molecule has 0 aliphatic heterocycles. The second-order valence-electron chi connectivity index (χ2n) is 7.20. The molecule has 4 nitrogen and oxygen atoms in total. The Hall–Kier alpha value is -2.21. The fourth-order valence-electron chi connectivity index (χ4n) is 3.54. The molecule has 5 heteroatoms. The van der Waals surface area contributed by atoms with E-state index in [0.717, 1.165) is 5.56 Å². The number of fused-ring (bicyclic) bond motifs is 6. The van der Waals surface area contributed by atoms with Crippen molar-refractivity contribution in [3.63, 3.8) is 0 Å². The van der Waals surface area contributed by atoms with Crippen LogP contribution in [0.3, 0.4) is 0 Å². The topological polar surface area (TPSA) is 84.0 Å². The molecule has 4 rings (SSSR count). The fourth-order valence-corrected chi connectivity index (χ4v) is 3.54. The van der Waals surface area contributed by atoms with E-state index >= 15 is 0 Å². The summed E-state index contributed by atoms with van der Waals surface area (Å²) in [5, 5.41) is 29.7. The van der Waals surface area contributed by atoms with Crippen LogP contribution in [0.5, 0.6) is 0 Å². The fraction of sp³-hybridized carbons (Fsp3) is 0.217. The summed E-state index contributed by atoms with van der Waals surface area (Å²) in [5.41, 5.74) is 0.450. The Morgan fingerprint density at radius 1 is 0.714 bits per heavy atom. The van der Waals surface area contributed by atoms with Crippen molar-refractivity contribution in [2.75, 3.05) is 13.2 Å². The van der Waals surface area contributed by atoms with Crippen LogP contribution in [-0.2, 0) is 6.54 Å². The van der Waals surface area contributed by atoms with Crippen molar-refractivity contribution < 1.29 is 15.7 Å². The number of aliphatic hydroxyl groups is 2. The van der Waals surface area contributed by atoms with Gasteiger partial charge in [-0.25, -0.2) is 0 Å². The number of aliphatic hydroxyl groups excluding tert-OH is 2. The zero-order valence-electron chi connectivity index (χ0n) is 15.8. The van der Waals surface area contributed by atoms with E-state index in [0.29, 0.717) is 6.54 Å². The Bertz CT molecular complexity index is 1060. The number of benzene rings is 4. The van der Waals surface area contributed by atoms with E-state index in [1.807, 2.05) is 6.92 Å². The highest BCUT2D eigenvalue weighted by molar-refractivity contribution is 6.25. The molecule has 0 atom stereocenters. The largest absolute Gasteiger partial charge is 0.412 e. The Morgan fingerprint density at radius 3 is 1.61 bits per heavy atom. The monoisotopic (exact) mass is 399 g/mol. The lowest BCUT2D eigenvalue weighted by Crippen LogP contribution is -2.48. The third-order valence-corrected chi connectivity index (χ3v) is 5.23. The van der Waals surface area contributed by atoms with Gasteiger partial charge in [-0.1, -0.05) is 60.7 Å². The second-order valence-corrected chi connectivity index (χ2v) is 7.20. The first-order valence-electron chi connectivity index (χ1n) is 8.94. The number of rotatable bonds is 5. The van der Waals surface area contributed by atoms with Crippen molar-refractivity contribution in [1.82, 2.24) is 5.32 Å². The van der Waals surface area contributed by atoms with Crippen LogP contribution in [0.4, 0.5) is 0 Å². The third-order valence-electron chi connectivity index (χ3n) is 5.23. The third kappa shape index (κ3) is 3.83. The number of nitrogens with one attached hydrogen (secondary N) is 1. The average Bonchev–Trinajstić information content (AvgIpc) is 2.72. The summed E-state index contributed by atoms with van der Waals surface area (Å²) in [7, 11) is 0. The van der Waals surface area contributed by atoms with E-state index in [2.05, 4.69) is 72.0 Å². The number of halogens is 1. The van der Waals surface area contributed by atoms with Crippen LogP contribution in [0.25, 0.3) is 32.3 Å². The van der Waals surface area contributed by atoms with Crippen molar-refractivity contribution in [3.8, 4) is 0 Å². The molecule has 5 N–H and O–H groups in total. The van der Waals surface area contributed by atoms with Crippen molar-refractivity contribution in [2.24, 2.45) is 0 Å². The Kier molecular flexibility index (Phi) is 6.99. The normalized spacial score (nSPS) is 11.4. The van der Waals surface area contributed by atoms with Gasteiger partial charge in [0.2, 0.25) is 0 Å². The van der Waals surface area contributed by atoms with Crippen LogP contribution in [0.2, 0.25) is 0 Å². The van der Waals surface area contributed by atoms with Gasteiger partial charge in [-0.15, -0.1) is 12.4 Å². The van der Waals surface area contributed by atoms with Crippen LogP contribution in [-0.4, -0.2) is 34.4 Å². The van der Waals surface area contributed by atoms with Crippen LogP contribution >= 0.6 is 12.4 Å². The minimum absolute atomic E-state index is 0. The van der Waals surface area contributed by atoms with E-state index in [9.17, 15) is 10.2 Å². The molecule has 0 fully saturated rings. The summed E-state index contributed by atoms with van der Waals surface area (Å²) in [6.45, 7) is 2.20. The molecule has 28 heavy (non-hydrogen) atoms. The summed E-state index contributed by atoms with van der Waals surface area (Å²) >= 11 is 0. The van der Waals surface area contributed by atoms with Crippen LogP contribution in [0.15, 0.2) is 66.7 Å². The van der Waals surface area contributed by atoms with Crippen molar-refractivity contribution in [3.05, 3.63) is 72.3 Å². The molecule has 4 aromatic rings. The molecule has 148 valence electrons. The van der Waals surface area contributed by atoms with Gasteiger partial charge in [0.15, 0.2) is 0 Å². The lowest BCUT2D eigenvalue weighted by molar-refractivity contribution is 0.103. The molecule has 0 spiro atoms. The van der Waals surface area contributed by atoms with Gasteiger partial charge in [0.05, 0.1) is 18.8 Å². The summed E-state index contributed by atoms with van der Waals surface area (Å²) in [4.78, 5) is 0. The highest BCUT2D eigenvalue weighted by Gasteiger charge is 2.21. The van der Waals surface area contributed by atoms with Gasteiger partial charge in [-0.2, -0.15) is 0 Å². The predicted molar refractivity (Wildman–Crippen MR) is 119 cm³/mol. The summed E-state index contributed by atoms with van der Waals surface area (Å²) in [5.74, 6) is 0. The first kappa shape index (κ1) is 22.1. The van der Waals surface area contributed by atoms with Crippen molar-refractivity contribution >= 4 is 44.7 Å². The molecular weight excluding hydrogens is 374 g/mol. The van der Waals surface area contributed by atoms with E-state index in [1.54, 1.807) is 0 Å². The van der Waals surface area contributed by atoms with Crippen LogP contribution < -0.4 is 5.32 Å². The molecular formula is C23H26ClNO3. The standard InChI is InChI=1S/C23H23NO2.ClH.H2O/c1-23(14-25,15-26)24-13-16-10-11-21-19-8-3-2-6-17(19)18-7-4-5-9-20(18)22(21)12-16;;/h2-12,24-26H,13-15H2,1H3;1H;1H2. The first-order valence-corrected chi connectivity index (χ1v) is 8.94. The van der Waals surface area contributed by atoms with Gasteiger partial charge < -0.3 is 21.0 Å². The molecule has 0 bridgehead atoms. The molecule has 0 aliphatic carbocycles. The Labute approximate surface area is 170 Å². The molecule has 0 saturated carbocycles. The van der Waals surface area contributed by atoms with E-state index in [1.165, 1.54) is 32.3 Å². The van der Waals surface area contributed by atoms with Crippen LogP contribution in [0, 0.1) is 0 Å². The van der Waals surface area contributed by atoms with E-state index in [4.69, 9.17) is 0 Å². The maximum Gasteiger partial charge on any atom is 0.0633 e. The van der Waals surface area contributed by atoms with E-state index < -0.39 is 5.54 Å². The molecule has 0 amide bonds. The Morgan fingerprint density at radius 2 is 1.14 bits per heavy atom. The van der Waals surface area contributed by atoms with Gasteiger partial charge in [-0.3, -0.25) is 0 Å². The molecule has 0 unspecified atom stereocenters. The molecule has 0 radical (unpaired) electrons. The highest BCUT2D eigenvalue weighted by atomic mass is 35.5. The molecule has 0 aliphatic rings. The van der Waals surface area contributed by atoms with Crippen LogP contribution in [0.1, 0.15) is 12.5 Å². The summed E-state index contributed by atoms with van der Waals surface area (Å²) < 4.78 is 0. The van der Waals surface area contributed by atoms with Gasteiger partial charge in [0, 0.05) is 6.54 Å². The van der Waals surface area contributed by atoms with Gasteiger partial charge in [-0.05, 0) is 50.9 Å². The number of hydrogen-bond acceptors (Lipinski definition) is 3. The quantitative estimate of drug-likeness (QED) is 0.448. The molecule has 0 heterocycles. The lowest BCUT2D eigenvalue weighted by atomic mass is 9.93. The highest BCUT2D eigenvalue weighted by Crippen LogP contribution is 2.35. The molecule has 0 aromatic heterocycles. The number of hydrogen-bond donors (Lipinski definition) is 3. The lowest BCUT2D eigenvalue weighted by Gasteiger charge is -2.26. The average molecular weight is 400 g/mol. The zero-order valence-corrected chi connectivity index (χ0v) is 16.6. The zero-order chi connectivity index (χ0) is 18.1. The molecule has 0 saturated heterocycles.